The van der Waals surface area contributed by atoms with Crippen LogP contribution in [0.25, 0.3) is 0 Å². The van der Waals surface area contributed by atoms with Crippen LogP contribution in [0.4, 0.5) is 0 Å². The Bertz CT molecular complexity index is 118. The normalized spacial score (nSPS) is 26.4. The van der Waals surface area contributed by atoms with E-state index in [1.54, 1.807) is 12.3 Å². The quantitative estimate of drug-likeness (QED) is 0.495. The van der Waals surface area contributed by atoms with Crippen LogP contribution in [0.1, 0.15) is 6.42 Å². The van der Waals surface area contributed by atoms with Crippen LogP contribution in [0, 0.1) is 0 Å². The summed E-state index contributed by atoms with van der Waals surface area (Å²) in [5.41, 5.74) is 0. The maximum Gasteiger partial charge on any atom is 0.218 e. The minimum atomic E-state index is -0.247. The van der Waals surface area contributed by atoms with Crippen molar-refractivity contribution in [2.75, 3.05) is 6.61 Å². The van der Waals surface area contributed by atoms with E-state index in [0.717, 1.165) is 6.42 Å². The van der Waals surface area contributed by atoms with Crippen molar-refractivity contribution in [1.29, 1.82) is 0 Å². The standard InChI is InChI=1S/C7H10O2/c1-2-7-8-5-3-4-6-9-7/h2-3,5,7H,1,4,6H2. The molecule has 0 aromatic rings. The second-order valence-electron chi connectivity index (χ2n) is 1.77. The predicted octanol–water partition coefficient (Wildman–Crippen LogP) is 1.45. The number of rotatable bonds is 1. The molecule has 1 unspecified atom stereocenters. The second-order valence-corrected chi connectivity index (χ2v) is 1.77. The van der Waals surface area contributed by atoms with Crippen molar-refractivity contribution in [3.05, 3.63) is 25.0 Å². The monoisotopic (exact) mass is 126 g/mol. The summed E-state index contributed by atoms with van der Waals surface area (Å²) in [6.45, 7) is 4.26. The van der Waals surface area contributed by atoms with Crippen molar-refractivity contribution < 1.29 is 9.47 Å². The lowest BCUT2D eigenvalue weighted by Crippen LogP contribution is -2.09. The lowest BCUT2D eigenvalue weighted by molar-refractivity contribution is -0.0636. The van der Waals surface area contributed by atoms with Gasteiger partial charge in [0.25, 0.3) is 0 Å². The summed E-state index contributed by atoms with van der Waals surface area (Å²) >= 11 is 0. The second kappa shape index (κ2) is 3.30. The fourth-order valence-electron chi connectivity index (χ4n) is 0.616. The van der Waals surface area contributed by atoms with E-state index in [9.17, 15) is 0 Å². The molecule has 0 aliphatic carbocycles. The maximum atomic E-state index is 5.15. The van der Waals surface area contributed by atoms with Crippen LogP contribution in [-0.2, 0) is 9.47 Å². The minimum Gasteiger partial charge on any atom is -0.469 e. The van der Waals surface area contributed by atoms with Gasteiger partial charge in [-0.2, -0.15) is 0 Å². The highest BCUT2D eigenvalue weighted by molar-refractivity contribution is 4.81. The average molecular weight is 126 g/mol. The summed E-state index contributed by atoms with van der Waals surface area (Å²) in [5.74, 6) is 0. The molecule has 0 saturated carbocycles. The molecule has 2 heteroatoms. The molecule has 1 aliphatic rings. The highest BCUT2D eigenvalue weighted by Gasteiger charge is 2.02. The molecule has 0 amide bonds. The van der Waals surface area contributed by atoms with E-state index in [-0.39, 0.29) is 6.29 Å². The Morgan fingerprint density at radius 2 is 2.56 bits per heavy atom. The van der Waals surface area contributed by atoms with Crippen LogP contribution in [-0.4, -0.2) is 12.9 Å². The van der Waals surface area contributed by atoms with Crippen molar-refractivity contribution in [1.82, 2.24) is 0 Å². The lowest BCUT2D eigenvalue weighted by atomic mass is 10.4. The van der Waals surface area contributed by atoms with E-state index in [0.29, 0.717) is 6.61 Å². The van der Waals surface area contributed by atoms with Gasteiger partial charge in [-0.05, 0) is 18.6 Å². The zero-order chi connectivity index (χ0) is 6.53. The highest BCUT2D eigenvalue weighted by Crippen LogP contribution is 2.02. The predicted molar refractivity (Wildman–Crippen MR) is 34.8 cm³/mol. The molecule has 1 atom stereocenters. The molecule has 1 rings (SSSR count). The Morgan fingerprint density at radius 3 is 3.33 bits per heavy atom. The van der Waals surface area contributed by atoms with Gasteiger partial charge < -0.3 is 9.47 Å². The molecule has 0 N–H and O–H groups in total. The van der Waals surface area contributed by atoms with Crippen LogP contribution >= 0.6 is 0 Å². The first-order valence-corrected chi connectivity index (χ1v) is 2.98. The number of hydrogen-bond acceptors (Lipinski definition) is 2. The van der Waals surface area contributed by atoms with Gasteiger partial charge in [0.05, 0.1) is 12.9 Å². The fourth-order valence-corrected chi connectivity index (χ4v) is 0.616. The molecule has 2 nitrogen and oxygen atoms in total. The highest BCUT2D eigenvalue weighted by atomic mass is 16.7. The first kappa shape index (κ1) is 6.36. The fraction of sp³-hybridized carbons (Fsp3) is 0.429. The lowest BCUT2D eigenvalue weighted by Gasteiger charge is -2.08. The van der Waals surface area contributed by atoms with Gasteiger partial charge >= 0.3 is 0 Å². The van der Waals surface area contributed by atoms with Gasteiger partial charge in [-0.1, -0.05) is 6.58 Å². The van der Waals surface area contributed by atoms with Crippen LogP contribution in [0.3, 0.4) is 0 Å². The van der Waals surface area contributed by atoms with E-state index < -0.39 is 0 Å². The summed E-state index contributed by atoms with van der Waals surface area (Å²) in [7, 11) is 0. The minimum absolute atomic E-state index is 0.247. The first-order chi connectivity index (χ1) is 4.43. The molecule has 0 bridgehead atoms. The molecule has 1 aliphatic heterocycles. The number of ether oxygens (including phenoxy) is 2. The van der Waals surface area contributed by atoms with Gasteiger partial charge in [-0.15, -0.1) is 0 Å². The van der Waals surface area contributed by atoms with Crippen molar-refractivity contribution >= 4 is 0 Å². The summed E-state index contributed by atoms with van der Waals surface area (Å²) in [5, 5.41) is 0. The molecule has 9 heavy (non-hydrogen) atoms. The molecule has 0 saturated heterocycles. The van der Waals surface area contributed by atoms with E-state index in [1.165, 1.54) is 0 Å². The van der Waals surface area contributed by atoms with Gasteiger partial charge in [-0.25, -0.2) is 0 Å². The smallest absolute Gasteiger partial charge is 0.218 e. The third-order valence-electron chi connectivity index (χ3n) is 1.07. The van der Waals surface area contributed by atoms with Gasteiger partial charge in [-0.3, -0.25) is 0 Å². The third-order valence-corrected chi connectivity index (χ3v) is 1.07. The summed E-state index contributed by atoms with van der Waals surface area (Å²) in [4.78, 5) is 0. The summed E-state index contributed by atoms with van der Waals surface area (Å²) in [6.07, 6.45) is 5.90. The Labute approximate surface area is 54.8 Å². The van der Waals surface area contributed by atoms with E-state index in [1.807, 2.05) is 6.08 Å². The van der Waals surface area contributed by atoms with E-state index in [4.69, 9.17) is 9.47 Å². The van der Waals surface area contributed by atoms with Crippen molar-refractivity contribution in [3.63, 3.8) is 0 Å². The molecule has 0 fully saturated rings. The van der Waals surface area contributed by atoms with Crippen LogP contribution in [0.2, 0.25) is 0 Å². The Hall–Kier alpha value is -0.760. The van der Waals surface area contributed by atoms with Gasteiger partial charge in [0.15, 0.2) is 0 Å². The Balaban J connectivity index is 2.37. The average Bonchev–Trinajstić information content (AvgIpc) is 2.13. The molecule has 0 aromatic carbocycles. The van der Waals surface area contributed by atoms with Crippen molar-refractivity contribution in [2.24, 2.45) is 0 Å². The molecule has 0 radical (unpaired) electrons. The molecular weight excluding hydrogens is 116 g/mol. The zero-order valence-corrected chi connectivity index (χ0v) is 5.25. The van der Waals surface area contributed by atoms with Gasteiger partial charge in [0.1, 0.15) is 0 Å². The van der Waals surface area contributed by atoms with Gasteiger partial charge in [0, 0.05) is 0 Å². The molecule has 50 valence electrons. The topological polar surface area (TPSA) is 18.5 Å². The Kier molecular flexibility index (Phi) is 2.33. The van der Waals surface area contributed by atoms with Crippen molar-refractivity contribution in [2.45, 2.75) is 12.7 Å². The molecule has 0 spiro atoms. The van der Waals surface area contributed by atoms with E-state index in [2.05, 4.69) is 6.58 Å². The summed E-state index contributed by atoms with van der Waals surface area (Å²) < 4.78 is 10.2. The van der Waals surface area contributed by atoms with Crippen LogP contribution in [0.15, 0.2) is 25.0 Å². The number of hydrogen-bond donors (Lipinski definition) is 0. The van der Waals surface area contributed by atoms with Crippen LogP contribution < -0.4 is 0 Å². The largest absolute Gasteiger partial charge is 0.469 e. The summed E-state index contributed by atoms with van der Waals surface area (Å²) in [6, 6.07) is 0. The Morgan fingerprint density at radius 1 is 1.67 bits per heavy atom. The molecule has 1 heterocycles. The van der Waals surface area contributed by atoms with Crippen LogP contribution in [0.5, 0.6) is 0 Å². The third kappa shape index (κ3) is 1.90. The van der Waals surface area contributed by atoms with E-state index >= 15 is 0 Å². The SMILES string of the molecule is C=CC1OC=CCCO1. The molecule has 0 aromatic heterocycles. The van der Waals surface area contributed by atoms with Crippen molar-refractivity contribution in [3.8, 4) is 0 Å². The van der Waals surface area contributed by atoms with Gasteiger partial charge in [0.2, 0.25) is 6.29 Å². The first-order valence-electron chi connectivity index (χ1n) is 2.98. The zero-order valence-electron chi connectivity index (χ0n) is 5.25. The maximum absolute atomic E-state index is 5.15. The molecular formula is C7H10O2.